The molecule has 0 radical (unpaired) electrons. The van der Waals surface area contributed by atoms with Crippen LogP contribution in [0.15, 0.2) is 42.9 Å². The first-order chi connectivity index (χ1) is 13.2. The molecule has 3 aromatic rings. The lowest BCUT2D eigenvalue weighted by molar-refractivity contribution is -0.120. The Bertz CT molecular complexity index is 928. The number of nitrogens with zero attached hydrogens (tertiary/aromatic N) is 3. The first-order valence-corrected chi connectivity index (χ1v) is 9.39. The zero-order chi connectivity index (χ0) is 18.6. The molecular weight excluding hydrogens is 364 g/mol. The van der Waals surface area contributed by atoms with Crippen molar-refractivity contribution in [1.29, 1.82) is 0 Å². The summed E-state index contributed by atoms with van der Waals surface area (Å²) >= 11 is 6.30. The zero-order valence-corrected chi connectivity index (χ0v) is 15.5. The zero-order valence-electron chi connectivity index (χ0n) is 14.8. The predicted octanol–water partition coefficient (Wildman–Crippen LogP) is 2.81. The average molecular weight is 385 g/mol. The first kappa shape index (κ1) is 17.6. The molecule has 0 aliphatic carbocycles. The standard InChI is InChI=1S/C19H21ClN6O/c20-15-9-22-18-17(15)19(24-12-23-18)26-8-4-7-14(11-26)25-16(27)10-21-13-5-2-1-3-6-13/h1-3,5-6,9,12,14,21H,4,7-8,10-11H2,(H,25,27)(H,22,23,24). The van der Waals surface area contributed by atoms with Gasteiger partial charge < -0.3 is 20.5 Å². The van der Waals surface area contributed by atoms with Crippen molar-refractivity contribution in [3.63, 3.8) is 0 Å². The SMILES string of the molecule is O=C(CNc1ccccc1)NC1CCCN(c2ncnc3[nH]cc(Cl)c23)C1. The summed E-state index contributed by atoms with van der Waals surface area (Å²) in [4.78, 5) is 26.2. The topological polar surface area (TPSA) is 85.9 Å². The Morgan fingerprint density at radius 3 is 3.00 bits per heavy atom. The number of H-pyrrole nitrogens is 1. The Hall–Kier alpha value is -2.80. The van der Waals surface area contributed by atoms with E-state index in [1.165, 1.54) is 6.33 Å². The van der Waals surface area contributed by atoms with Gasteiger partial charge in [-0.2, -0.15) is 0 Å². The summed E-state index contributed by atoms with van der Waals surface area (Å²) < 4.78 is 0. The van der Waals surface area contributed by atoms with Crippen molar-refractivity contribution in [1.82, 2.24) is 20.3 Å². The lowest BCUT2D eigenvalue weighted by Crippen LogP contribution is -2.49. The van der Waals surface area contributed by atoms with Crippen LogP contribution in [0.3, 0.4) is 0 Å². The lowest BCUT2D eigenvalue weighted by atomic mass is 10.1. The van der Waals surface area contributed by atoms with Gasteiger partial charge in [0.05, 0.1) is 17.0 Å². The molecule has 4 rings (SSSR count). The van der Waals surface area contributed by atoms with Gasteiger partial charge in [0.15, 0.2) is 0 Å². The van der Waals surface area contributed by atoms with Gasteiger partial charge in [-0.15, -0.1) is 0 Å². The molecule has 1 unspecified atom stereocenters. The van der Waals surface area contributed by atoms with Crippen molar-refractivity contribution in [3.05, 3.63) is 47.9 Å². The minimum absolute atomic E-state index is 0.0155. The third-order valence-electron chi connectivity index (χ3n) is 4.71. The number of hydrogen-bond acceptors (Lipinski definition) is 5. The largest absolute Gasteiger partial charge is 0.376 e. The van der Waals surface area contributed by atoms with Gasteiger partial charge in [0, 0.05) is 31.0 Å². The van der Waals surface area contributed by atoms with E-state index in [2.05, 4.69) is 30.5 Å². The maximum absolute atomic E-state index is 12.3. The predicted molar refractivity (Wildman–Crippen MR) is 107 cm³/mol. The summed E-state index contributed by atoms with van der Waals surface area (Å²) in [5.41, 5.74) is 1.66. The number of rotatable bonds is 5. The molecule has 7 nitrogen and oxygen atoms in total. The summed E-state index contributed by atoms with van der Waals surface area (Å²) in [6.07, 6.45) is 5.19. The van der Waals surface area contributed by atoms with Crippen molar-refractivity contribution in [2.24, 2.45) is 0 Å². The van der Waals surface area contributed by atoms with Crippen LogP contribution in [0.4, 0.5) is 11.5 Å². The first-order valence-electron chi connectivity index (χ1n) is 9.01. The number of piperidine rings is 1. The summed E-state index contributed by atoms with van der Waals surface area (Å²) in [6.45, 7) is 1.83. The highest BCUT2D eigenvalue weighted by Crippen LogP contribution is 2.31. The lowest BCUT2D eigenvalue weighted by Gasteiger charge is -2.34. The molecule has 1 aliphatic heterocycles. The molecule has 1 aliphatic rings. The molecule has 2 aromatic heterocycles. The summed E-state index contributed by atoms with van der Waals surface area (Å²) in [5, 5.41) is 7.70. The van der Waals surface area contributed by atoms with E-state index in [0.29, 0.717) is 11.6 Å². The minimum atomic E-state index is -0.0155. The summed E-state index contributed by atoms with van der Waals surface area (Å²) in [5.74, 6) is 0.797. The number of benzene rings is 1. The Kier molecular flexibility index (Phi) is 5.11. The molecular formula is C19H21ClN6O. The van der Waals surface area contributed by atoms with Gasteiger partial charge in [-0.05, 0) is 25.0 Å². The molecule has 1 atom stereocenters. The van der Waals surface area contributed by atoms with Crippen LogP contribution in [0.1, 0.15) is 12.8 Å². The molecule has 27 heavy (non-hydrogen) atoms. The molecule has 0 bridgehead atoms. The van der Waals surface area contributed by atoms with Gasteiger partial charge in [0.25, 0.3) is 0 Å². The highest BCUT2D eigenvalue weighted by molar-refractivity contribution is 6.36. The van der Waals surface area contributed by atoms with Crippen LogP contribution in [0.2, 0.25) is 5.02 Å². The number of fused-ring (bicyclic) bond motifs is 1. The van der Waals surface area contributed by atoms with Crippen molar-refractivity contribution in [2.45, 2.75) is 18.9 Å². The van der Waals surface area contributed by atoms with Crippen LogP contribution in [0, 0.1) is 0 Å². The highest BCUT2D eigenvalue weighted by Gasteiger charge is 2.24. The Labute approximate surface area is 162 Å². The van der Waals surface area contributed by atoms with Crippen LogP contribution in [0.5, 0.6) is 0 Å². The second kappa shape index (κ2) is 7.84. The number of hydrogen-bond donors (Lipinski definition) is 3. The fraction of sp³-hybridized carbons (Fsp3) is 0.316. The van der Waals surface area contributed by atoms with E-state index in [0.717, 1.165) is 41.9 Å². The maximum atomic E-state index is 12.3. The number of amides is 1. The van der Waals surface area contributed by atoms with E-state index in [4.69, 9.17) is 11.6 Å². The second-order valence-corrected chi connectivity index (χ2v) is 7.04. The Balaban J connectivity index is 1.39. The number of para-hydroxylation sites is 1. The van der Waals surface area contributed by atoms with Crippen molar-refractivity contribution < 1.29 is 4.79 Å². The number of aromatic amines is 1. The number of nitrogens with one attached hydrogen (secondary N) is 3. The van der Waals surface area contributed by atoms with E-state index in [1.807, 2.05) is 30.3 Å². The van der Waals surface area contributed by atoms with E-state index in [1.54, 1.807) is 6.20 Å². The van der Waals surface area contributed by atoms with Crippen LogP contribution in [-0.4, -0.2) is 46.5 Å². The molecule has 140 valence electrons. The molecule has 1 saturated heterocycles. The molecule has 3 heterocycles. The van der Waals surface area contributed by atoms with E-state index >= 15 is 0 Å². The number of halogens is 1. The minimum Gasteiger partial charge on any atom is -0.376 e. The molecule has 8 heteroatoms. The molecule has 0 saturated carbocycles. The van der Waals surface area contributed by atoms with Crippen molar-refractivity contribution in [2.75, 3.05) is 29.9 Å². The smallest absolute Gasteiger partial charge is 0.239 e. The fourth-order valence-electron chi connectivity index (χ4n) is 3.45. The number of carbonyl (C=O) groups is 1. The van der Waals surface area contributed by atoms with Crippen LogP contribution < -0.4 is 15.5 Å². The van der Waals surface area contributed by atoms with Gasteiger partial charge in [-0.25, -0.2) is 9.97 Å². The number of aromatic nitrogens is 3. The fourth-order valence-corrected chi connectivity index (χ4v) is 3.68. The molecule has 3 N–H and O–H groups in total. The monoisotopic (exact) mass is 384 g/mol. The summed E-state index contributed by atoms with van der Waals surface area (Å²) in [6, 6.07) is 9.78. The number of carbonyl (C=O) groups excluding carboxylic acids is 1. The quantitative estimate of drug-likeness (QED) is 0.629. The van der Waals surface area contributed by atoms with Crippen LogP contribution >= 0.6 is 11.6 Å². The molecule has 1 amide bonds. The van der Waals surface area contributed by atoms with Gasteiger partial charge in [-0.3, -0.25) is 4.79 Å². The molecule has 1 aromatic carbocycles. The van der Waals surface area contributed by atoms with E-state index in [9.17, 15) is 4.79 Å². The normalized spacial score (nSPS) is 17.1. The van der Waals surface area contributed by atoms with Crippen LogP contribution in [0.25, 0.3) is 11.0 Å². The average Bonchev–Trinajstić information content (AvgIpc) is 3.09. The molecule has 0 spiro atoms. The summed E-state index contributed by atoms with van der Waals surface area (Å²) in [7, 11) is 0. The highest BCUT2D eigenvalue weighted by atomic mass is 35.5. The van der Waals surface area contributed by atoms with Crippen LogP contribution in [-0.2, 0) is 4.79 Å². The second-order valence-electron chi connectivity index (χ2n) is 6.63. The third kappa shape index (κ3) is 3.98. The Morgan fingerprint density at radius 1 is 1.30 bits per heavy atom. The number of anilines is 2. The van der Waals surface area contributed by atoms with Gasteiger partial charge in [-0.1, -0.05) is 29.8 Å². The van der Waals surface area contributed by atoms with Gasteiger partial charge >= 0.3 is 0 Å². The Morgan fingerprint density at radius 2 is 2.15 bits per heavy atom. The maximum Gasteiger partial charge on any atom is 0.239 e. The molecule has 1 fully saturated rings. The van der Waals surface area contributed by atoms with Gasteiger partial charge in [0.2, 0.25) is 5.91 Å². The van der Waals surface area contributed by atoms with Crippen molar-refractivity contribution >= 4 is 40.0 Å². The third-order valence-corrected chi connectivity index (χ3v) is 5.01. The van der Waals surface area contributed by atoms with E-state index < -0.39 is 0 Å². The van der Waals surface area contributed by atoms with Crippen molar-refractivity contribution in [3.8, 4) is 0 Å². The van der Waals surface area contributed by atoms with E-state index in [-0.39, 0.29) is 18.5 Å². The van der Waals surface area contributed by atoms with Gasteiger partial charge in [0.1, 0.15) is 17.8 Å².